The van der Waals surface area contributed by atoms with Crippen molar-refractivity contribution in [3.05, 3.63) is 131 Å². The number of halogens is 2. The van der Waals surface area contributed by atoms with Crippen LogP contribution in [0, 0.1) is 17.6 Å². The molecule has 3 heteroatoms. The molecule has 1 aliphatic heterocycles. The van der Waals surface area contributed by atoms with Crippen molar-refractivity contribution in [3.63, 3.8) is 0 Å². The highest BCUT2D eigenvalue weighted by atomic mass is 19.1. The Morgan fingerprint density at radius 2 is 1.24 bits per heavy atom. The van der Waals surface area contributed by atoms with Gasteiger partial charge in [-0.2, -0.15) is 0 Å². The van der Waals surface area contributed by atoms with Crippen LogP contribution in [0.4, 0.5) is 8.78 Å². The molecule has 0 N–H and O–H groups in total. The summed E-state index contributed by atoms with van der Waals surface area (Å²) in [5, 5.41) is 0. The van der Waals surface area contributed by atoms with E-state index in [1.165, 1.54) is 34.9 Å². The van der Waals surface area contributed by atoms with Gasteiger partial charge in [-0.25, -0.2) is 8.78 Å². The van der Waals surface area contributed by atoms with E-state index in [-0.39, 0.29) is 5.56 Å². The van der Waals surface area contributed by atoms with Gasteiger partial charge in [0.05, 0.1) is 5.56 Å². The minimum Gasteiger partial charge on any atom is -0.298 e. The lowest BCUT2D eigenvalue weighted by molar-refractivity contribution is 0.315. The van der Waals surface area contributed by atoms with Crippen molar-refractivity contribution in [2.45, 2.75) is 18.9 Å². The molecule has 4 aromatic carbocycles. The van der Waals surface area contributed by atoms with Crippen molar-refractivity contribution in [1.82, 2.24) is 4.90 Å². The second-order valence-electron chi connectivity index (χ2n) is 8.95. The van der Waals surface area contributed by atoms with Crippen LogP contribution in [0.1, 0.15) is 22.6 Å². The molecule has 1 nitrogen and oxygen atoms in total. The summed E-state index contributed by atoms with van der Waals surface area (Å²) in [4.78, 5) is 2.53. The van der Waals surface area contributed by atoms with E-state index < -0.39 is 11.6 Å². The molecule has 0 radical (unpaired) electrons. The van der Waals surface area contributed by atoms with Gasteiger partial charge in [-0.05, 0) is 46.7 Å². The average molecular weight is 440 g/mol. The maximum atomic E-state index is 14.3. The summed E-state index contributed by atoms with van der Waals surface area (Å²) in [6, 6.07) is 33.0. The number of rotatable bonds is 6. The van der Waals surface area contributed by atoms with E-state index in [0.29, 0.717) is 17.4 Å². The fourth-order valence-electron chi connectivity index (χ4n) is 5.10. The third-order valence-corrected chi connectivity index (χ3v) is 6.70. The molecule has 4 aromatic rings. The lowest BCUT2D eigenvalue weighted by atomic mass is 9.84. The zero-order chi connectivity index (χ0) is 22.6. The van der Waals surface area contributed by atoms with Gasteiger partial charge in [0.1, 0.15) is 11.6 Å². The van der Waals surface area contributed by atoms with E-state index in [9.17, 15) is 8.78 Å². The lowest BCUT2D eigenvalue weighted by Crippen LogP contribution is -2.20. The fourth-order valence-corrected chi connectivity index (χ4v) is 5.10. The Bertz CT molecular complexity index is 1170. The van der Waals surface area contributed by atoms with Crippen LogP contribution in [0.15, 0.2) is 103 Å². The predicted molar refractivity (Wildman–Crippen MR) is 130 cm³/mol. The van der Waals surface area contributed by atoms with Gasteiger partial charge in [-0.15, -0.1) is 0 Å². The van der Waals surface area contributed by atoms with Crippen LogP contribution < -0.4 is 0 Å². The van der Waals surface area contributed by atoms with Crippen LogP contribution in [0.25, 0.3) is 11.1 Å². The Balaban J connectivity index is 1.40. The molecule has 1 aliphatic rings. The molecule has 0 aromatic heterocycles. The van der Waals surface area contributed by atoms with E-state index in [1.807, 2.05) is 12.1 Å². The summed E-state index contributed by atoms with van der Waals surface area (Å²) in [5.41, 5.74) is 4.52. The molecule has 1 heterocycles. The number of hydrogen-bond acceptors (Lipinski definition) is 1. The van der Waals surface area contributed by atoms with Crippen LogP contribution in [-0.2, 0) is 13.0 Å². The fraction of sp³-hybridized carbons (Fsp3) is 0.200. The molecule has 0 aliphatic carbocycles. The molecule has 0 saturated carbocycles. The van der Waals surface area contributed by atoms with E-state index in [1.54, 1.807) is 0 Å². The largest absolute Gasteiger partial charge is 0.298 e. The highest BCUT2D eigenvalue weighted by Crippen LogP contribution is 2.37. The molecule has 5 rings (SSSR count). The van der Waals surface area contributed by atoms with E-state index in [2.05, 4.69) is 77.7 Å². The minimum absolute atomic E-state index is 0.0435. The zero-order valence-electron chi connectivity index (χ0n) is 18.5. The molecular weight excluding hydrogens is 412 g/mol. The van der Waals surface area contributed by atoms with Crippen LogP contribution in [0.5, 0.6) is 0 Å². The molecule has 0 bridgehead atoms. The normalized spacial score (nSPS) is 18.5. The molecule has 1 saturated heterocycles. The number of likely N-dealkylation sites (tertiary alicyclic amines) is 1. The first-order valence-corrected chi connectivity index (χ1v) is 11.5. The van der Waals surface area contributed by atoms with Gasteiger partial charge in [0.25, 0.3) is 0 Å². The monoisotopic (exact) mass is 439 g/mol. The van der Waals surface area contributed by atoms with E-state index in [0.717, 1.165) is 26.1 Å². The third-order valence-electron chi connectivity index (χ3n) is 6.70. The van der Waals surface area contributed by atoms with Crippen molar-refractivity contribution in [2.24, 2.45) is 5.92 Å². The molecular formula is C30H27F2N. The Labute approximate surface area is 194 Å². The SMILES string of the molecule is Fc1cccc(F)c1-c1ccc([C@@H]2CN(Cc3ccccc3)C[C@H]2Cc2ccccc2)cc1. The molecule has 33 heavy (non-hydrogen) atoms. The first-order valence-electron chi connectivity index (χ1n) is 11.5. The molecule has 1 fully saturated rings. The second kappa shape index (κ2) is 9.68. The quantitative estimate of drug-likeness (QED) is 0.310. The number of nitrogens with zero attached hydrogens (tertiary/aromatic N) is 1. The molecule has 2 atom stereocenters. The van der Waals surface area contributed by atoms with E-state index in [4.69, 9.17) is 0 Å². The summed E-state index contributed by atoms with van der Waals surface area (Å²) >= 11 is 0. The Morgan fingerprint density at radius 1 is 0.636 bits per heavy atom. The molecule has 0 amide bonds. The molecule has 0 unspecified atom stereocenters. The Kier molecular flexibility index (Phi) is 6.32. The van der Waals surface area contributed by atoms with Crippen molar-refractivity contribution in [3.8, 4) is 11.1 Å². The first kappa shape index (κ1) is 21.5. The summed E-state index contributed by atoms with van der Waals surface area (Å²) in [7, 11) is 0. The van der Waals surface area contributed by atoms with Gasteiger partial charge in [0.15, 0.2) is 0 Å². The summed E-state index contributed by atoms with van der Waals surface area (Å²) < 4.78 is 28.5. The topological polar surface area (TPSA) is 3.24 Å². The minimum atomic E-state index is -0.528. The van der Waals surface area contributed by atoms with Gasteiger partial charge < -0.3 is 0 Å². The molecule has 0 spiro atoms. The molecule has 166 valence electrons. The standard InChI is InChI=1S/C30H27F2N/c31-28-12-7-13-29(32)30(28)25-16-14-24(15-17-25)27-21-33(19-23-10-5-2-6-11-23)20-26(27)18-22-8-3-1-4-9-22/h1-17,26-27H,18-21H2/t26-,27+/m1/s1. The first-order chi connectivity index (χ1) is 16.2. The van der Waals surface area contributed by atoms with Crippen molar-refractivity contribution in [2.75, 3.05) is 13.1 Å². The maximum absolute atomic E-state index is 14.3. The number of hydrogen-bond donors (Lipinski definition) is 0. The predicted octanol–water partition coefficient (Wildman–Crippen LogP) is 7.09. The van der Waals surface area contributed by atoms with Gasteiger partial charge in [-0.1, -0.05) is 91.0 Å². The average Bonchev–Trinajstić information content (AvgIpc) is 3.22. The maximum Gasteiger partial charge on any atom is 0.133 e. The smallest absolute Gasteiger partial charge is 0.133 e. The summed E-state index contributed by atoms with van der Waals surface area (Å²) in [6.45, 7) is 2.93. The van der Waals surface area contributed by atoms with Crippen LogP contribution in [0.3, 0.4) is 0 Å². The van der Waals surface area contributed by atoms with E-state index >= 15 is 0 Å². The van der Waals surface area contributed by atoms with Gasteiger partial charge >= 0.3 is 0 Å². The van der Waals surface area contributed by atoms with Gasteiger partial charge in [-0.3, -0.25) is 4.90 Å². The van der Waals surface area contributed by atoms with Crippen molar-refractivity contribution in [1.29, 1.82) is 0 Å². The second-order valence-corrected chi connectivity index (χ2v) is 8.95. The third kappa shape index (κ3) is 4.89. The van der Waals surface area contributed by atoms with Gasteiger partial charge in [0, 0.05) is 25.6 Å². The Morgan fingerprint density at radius 3 is 1.88 bits per heavy atom. The summed E-state index contributed by atoms with van der Waals surface area (Å²) in [5.74, 6) is -0.209. The zero-order valence-corrected chi connectivity index (χ0v) is 18.5. The number of benzene rings is 4. The van der Waals surface area contributed by atoms with Gasteiger partial charge in [0.2, 0.25) is 0 Å². The van der Waals surface area contributed by atoms with Crippen molar-refractivity contribution < 1.29 is 8.78 Å². The lowest BCUT2D eigenvalue weighted by Gasteiger charge is -2.19. The summed E-state index contributed by atoms with van der Waals surface area (Å²) in [6.07, 6.45) is 1.01. The van der Waals surface area contributed by atoms with Crippen LogP contribution in [-0.4, -0.2) is 18.0 Å². The highest BCUT2D eigenvalue weighted by Gasteiger charge is 2.33. The Hall–Kier alpha value is -3.30. The highest BCUT2D eigenvalue weighted by molar-refractivity contribution is 5.65. The van der Waals surface area contributed by atoms with Crippen molar-refractivity contribution >= 4 is 0 Å². The van der Waals surface area contributed by atoms with Crippen LogP contribution in [0.2, 0.25) is 0 Å². The van der Waals surface area contributed by atoms with Crippen LogP contribution >= 0.6 is 0 Å².